The number of rotatable bonds is 4. The second-order valence-corrected chi connectivity index (χ2v) is 6.45. The van der Waals surface area contributed by atoms with E-state index in [2.05, 4.69) is 67.1 Å². The predicted octanol–water partition coefficient (Wildman–Crippen LogP) is 3.16. The van der Waals surface area contributed by atoms with Crippen molar-refractivity contribution in [2.24, 2.45) is 0 Å². The van der Waals surface area contributed by atoms with Gasteiger partial charge in [-0.25, -0.2) is 0 Å². The Morgan fingerprint density at radius 3 is 2.10 bits per heavy atom. The second kappa shape index (κ2) is 7.16. The number of piperazine rings is 1. The molecule has 1 aliphatic heterocycles. The molecular weight excluding hydrogens is 326 g/mol. The highest BCUT2D eigenvalue weighted by molar-refractivity contribution is 9.10. The Labute approximate surface area is 134 Å². The van der Waals surface area contributed by atoms with Crippen LogP contribution in [-0.2, 0) is 13.1 Å². The number of nitrogens with zero attached hydrogens (tertiary/aromatic N) is 3. The Morgan fingerprint density at radius 2 is 1.48 bits per heavy atom. The van der Waals surface area contributed by atoms with Crippen molar-refractivity contribution in [1.82, 2.24) is 14.8 Å². The molecule has 110 valence electrons. The maximum Gasteiger partial charge on any atom is 0.0271 e. The van der Waals surface area contributed by atoms with Crippen LogP contribution in [0.25, 0.3) is 0 Å². The lowest BCUT2D eigenvalue weighted by Gasteiger charge is -2.34. The van der Waals surface area contributed by atoms with Crippen LogP contribution in [0.4, 0.5) is 0 Å². The highest BCUT2D eigenvalue weighted by atomic mass is 79.9. The van der Waals surface area contributed by atoms with Gasteiger partial charge in [0.05, 0.1) is 0 Å². The van der Waals surface area contributed by atoms with Crippen LogP contribution in [-0.4, -0.2) is 41.0 Å². The van der Waals surface area contributed by atoms with Crippen molar-refractivity contribution >= 4 is 15.9 Å². The number of aromatic nitrogens is 1. The van der Waals surface area contributed by atoms with Gasteiger partial charge >= 0.3 is 0 Å². The summed E-state index contributed by atoms with van der Waals surface area (Å²) in [5, 5.41) is 0. The molecule has 0 saturated carbocycles. The molecule has 1 saturated heterocycles. The van der Waals surface area contributed by atoms with Gasteiger partial charge in [-0.3, -0.25) is 14.8 Å². The van der Waals surface area contributed by atoms with Crippen molar-refractivity contribution in [2.45, 2.75) is 13.1 Å². The first-order chi connectivity index (χ1) is 10.3. The summed E-state index contributed by atoms with van der Waals surface area (Å²) in [6.07, 6.45) is 3.75. The summed E-state index contributed by atoms with van der Waals surface area (Å²) in [6, 6.07) is 12.8. The highest BCUT2D eigenvalue weighted by Crippen LogP contribution is 2.15. The van der Waals surface area contributed by atoms with Gasteiger partial charge in [-0.1, -0.05) is 28.1 Å². The van der Waals surface area contributed by atoms with Gasteiger partial charge in [-0.15, -0.1) is 0 Å². The van der Waals surface area contributed by atoms with E-state index in [1.54, 1.807) is 0 Å². The minimum atomic E-state index is 1.03. The van der Waals surface area contributed by atoms with Crippen molar-refractivity contribution in [3.05, 3.63) is 64.4 Å². The normalized spacial score (nSPS) is 17.0. The molecule has 0 atom stereocenters. The average Bonchev–Trinajstić information content (AvgIpc) is 2.50. The summed E-state index contributed by atoms with van der Waals surface area (Å²) in [4.78, 5) is 9.13. The molecule has 1 aliphatic rings. The van der Waals surface area contributed by atoms with Crippen LogP contribution in [0.1, 0.15) is 11.1 Å². The molecule has 2 aromatic rings. The largest absolute Gasteiger partial charge is 0.297 e. The van der Waals surface area contributed by atoms with E-state index in [9.17, 15) is 0 Å². The highest BCUT2D eigenvalue weighted by Gasteiger charge is 2.17. The minimum absolute atomic E-state index is 1.03. The lowest BCUT2D eigenvalue weighted by molar-refractivity contribution is 0.122. The molecule has 2 heterocycles. The molecule has 0 aliphatic carbocycles. The maximum atomic E-state index is 4.07. The summed E-state index contributed by atoms with van der Waals surface area (Å²) < 4.78 is 1.16. The van der Waals surface area contributed by atoms with E-state index < -0.39 is 0 Å². The van der Waals surface area contributed by atoms with Crippen molar-refractivity contribution in [1.29, 1.82) is 0 Å². The zero-order valence-corrected chi connectivity index (χ0v) is 13.7. The number of halogens is 1. The topological polar surface area (TPSA) is 19.4 Å². The maximum absolute atomic E-state index is 4.07. The first-order valence-corrected chi connectivity index (χ1v) is 8.17. The van der Waals surface area contributed by atoms with E-state index in [1.165, 1.54) is 11.1 Å². The van der Waals surface area contributed by atoms with Crippen LogP contribution in [0.5, 0.6) is 0 Å². The molecule has 0 amide bonds. The first-order valence-electron chi connectivity index (χ1n) is 7.38. The molecule has 0 radical (unpaired) electrons. The number of hydrogen-bond donors (Lipinski definition) is 0. The Balaban J connectivity index is 1.49. The summed E-state index contributed by atoms with van der Waals surface area (Å²) in [5.74, 6) is 0. The van der Waals surface area contributed by atoms with Gasteiger partial charge in [0.25, 0.3) is 0 Å². The van der Waals surface area contributed by atoms with Crippen LogP contribution >= 0.6 is 15.9 Å². The standard InChI is InChI=1S/C17H20BrN3/c18-17-3-1-2-16(12-17)14-21-10-8-20(9-11-21)13-15-4-6-19-7-5-15/h1-7,12H,8-11,13-14H2. The van der Waals surface area contributed by atoms with Gasteiger partial charge in [0.15, 0.2) is 0 Å². The van der Waals surface area contributed by atoms with E-state index in [0.29, 0.717) is 0 Å². The Hall–Kier alpha value is -1.23. The summed E-state index contributed by atoms with van der Waals surface area (Å²) in [6.45, 7) is 6.62. The lowest BCUT2D eigenvalue weighted by atomic mass is 10.2. The van der Waals surface area contributed by atoms with Gasteiger partial charge in [0.2, 0.25) is 0 Å². The van der Waals surface area contributed by atoms with Crippen LogP contribution in [0.3, 0.4) is 0 Å². The molecule has 0 bridgehead atoms. The van der Waals surface area contributed by atoms with Crippen LogP contribution < -0.4 is 0 Å². The monoisotopic (exact) mass is 345 g/mol. The van der Waals surface area contributed by atoms with E-state index in [1.807, 2.05) is 12.4 Å². The van der Waals surface area contributed by atoms with Crippen molar-refractivity contribution in [2.75, 3.05) is 26.2 Å². The van der Waals surface area contributed by atoms with Crippen molar-refractivity contribution in [3.8, 4) is 0 Å². The fraction of sp³-hybridized carbons (Fsp3) is 0.353. The van der Waals surface area contributed by atoms with Crippen LogP contribution in [0.15, 0.2) is 53.3 Å². The van der Waals surface area contributed by atoms with E-state index in [0.717, 1.165) is 43.7 Å². The van der Waals surface area contributed by atoms with Crippen molar-refractivity contribution < 1.29 is 0 Å². The Kier molecular flexibility index (Phi) is 5.01. The predicted molar refractivity (Wildman–Crippen MR) is 88.9 cm³/mol. The zero-order valence-electron chi connectivity index (χ0n) is 12.1. The smallest absolute Gasteiger partial charge is 0.0271 e. The number of pyridine rings is 1. The molecule has 3 rings (SSSR count). The molecule has 0 N–H and O–H groups in total. The van der Waals surface area contributed by atoms with Gasteiger partial charge < -0.3 is 0 Å². The summed E-state index contributed by atoms with van der Waals surface area (Å²) in [7, 11) is 0. The van der Waals surface area contributed by atoms with Crippen LogP contribution in [0, 0.1) is 0 Å². The van der Waals surface area contributed by atoms with Gasteiger partial charge in [0, 0.05) is 56.1 Å². The second-order valence-electron chi connectivity index (χ2n) is 5.54. The number of hydrogen-bond acceptors (Lipinski definition) is 3. The van der Waals surface area contributed by atoms with E-state index in [4.69, 9.17) is 0 Å². The van der Waals surface area contributed by atoms with Crippen molar-refractivity contribution in [3.63, 3.8) is 0 Å². The van der Waals surface area contributed by atoms with Gasteiger partial charge in [0.1, 0.15) is 0 Å². The van der Waals surface area contributed by atoms with Gasteiger partial charge in [-0.05, 0) is 35.4 Å². The third-order valence-corrected chi connectivity index (χ3v) is 4.41. The third-order valence-electron chi connectivity index (χ3n) is 3.92. The molecule has 3 nitrogen and oxygen atoms in total. The molecule has 1 aromatic carbocycles. The Morgan fingerprint density at radius 1 is 0.857 bits per heavy atom. The fourth-order valence-corrected chi connectivity index (χ4v) is 3.19. The molecular formula is C17H20BrN3. The average molecular weight is 346 g/mol. The first kappa shape index (κ1) is 14.7. The molecule has 1 aromatic heterocycles. The quantitative estimate of drug-likeness (QED) is 0.848. The number of benzene rings is 1. The van der Waals surface area contributed by atoms with Crippen LogP contribution in [0.2, 0.25) is 0 Å². The molecule has 0 spiro atoms. The molecule has 1 fully saturated rings. The Bertz CT molecular complexity index is 565. The molecule has 21 heavy (non-hydrogen) atoms. The lowest BCUT2D eigenvalue weighted by Crippen LogP contribution is -2.45. The summed E-state index contributed by atoms with van der Waals surface area (Å²) >= 11 is 3.54. The van der Waals surface area contributed by atoms with Gasteiger partial charge in [-0.2, -0.15) is 0 Å². The molecule has 0 unspecified atom stereocenters. The van der Waals surface area contributed by atoms with E-state index in [-0.39, 0.29) is 0 Å². The summed E-state index contributed by atoms with van der Waals surface area (Å²) in [5.41, 5.74) is 2.73. The fourth-order valence-electron chi connectivity index (χ4n) is 2.75. The van der Waals surface area contributed by atoms with E-state index >= 15 is 0 Å². The minimum Gasteiger partial charge on any atom is -0.297 e. The zero-order chi connectivity index (χ0) is 14.5. The third kappa shape index (κ3) is 4.37. The molecule has 4 heteroatoms. The SMILES string of the molecule is Brc1cccc(CN2CCN(Cc3ccncc3)CC2)c1.